The van der Waals surface area contributed by atoms with E-state index in [1.807, 2.05) is 0 Å². The zero-order chi connectivity index (χ0) is 10.0. The quantitative estimate of drug-likeness (QED) is 0.515. The average molecular weight is 283 g/mol. The minimum Gasteiger partial charge on any atom is -0.398 e. The number of ketones is 1. The lowest BCUT2D eigenvalue weighted by molar-refractivity contribution is 0.102. The molecule has 1 aromatic carbocycles. The molecule has 1 rings (SSSR count). The molecule has 1 aromatic rings. The Bertz CT molecular complexity index is 354. The molecule has 0 radical (unpaired) electrons. The van der Waals surface area contributed by atoms with Crippen LogP contribution < -0.4 is 5.73 Å². The maximum Gasteiger partial charge on any atom is 0.180 e. The Labute approximate surface area is 94.1 Å². The van der Waals surface area contributed by atoms with Crippen LogP contribution in [0, 0.1) is 0 Å². The molecule has 2 N–H and O–H groups in total. The molecule has 0 aliphatic carbocycles. The number of nitrogens with two attached hydrogens (primary N) is 1. The zero-order valence-electron chi connectivity index (χ0n) is 6.48. The second-order valence-corrected chi connectivity index (χ2v) is 3.85. The topological polar surface area (TPSA) is 43.1 Å². The highest BCUT2D eigenvalue weighted by Crippen LogP contribution is 2.30. The van der Waals surface area contributed by atoms with E-state index in [0.29, 0.717) is 20.7 Å². The molecule has 0 bridgehead atoms. The number of nitrogen functional groups attached to an aromatic ring is 1. The number of Topliss-reactive ketones (excluding diaryl/α,β-unsaturated/α-hetero) is 1. The second-order valence-electron chi connectivity index (χ2n) is 2.38. The van der Waals surface area contributed by atoms with Crippen molar-refractivity contribution in [1.29, 1.82) is 0 Å². The molecule has 0 heterocycles. The Hall–Kier alpha value is -0.250. The van der Waals surface area contributed by atoms with Gasteiger partial charge in [0.2, 0.25) is 0 Å². The summed E-state index contributed by atoms with van der Waals surface area (Å²) in [6, 6.07) is 3.19. The summed E-state index contributed by atoms with van der Waals surface area (Å²) in [6.07, 6.45) is 0. The summed E-state index contributed by atoms with van der Waals surface area (Å²) in [6.45, 7) is 0. The molecule has 0 aromatic heterocycles. The molecule has 70 valence electrons. The highest BCUT2D eigenvalue weighted by atomic mass is 79.9. The Morgan fingerprint density at radius 1 is 1.54 bits per heavy atom. The fourth-order valence-electron chi connectivity index (χ4n) is 0.891. The summed E-state index contributed by atoms with van der Waals surface area (Å²) < 4.78 is 0.505. The number of benzene rings is 1. The Morgan fingerprint density at radius 2 is 2.15 bits per heavy atom. The molecule has 0 spiro atoms. The number of anilines is 1. The summed E-state index contributed by atoms with van der Waals surface area (Å²) in [4.78, 5) is 11.3. The third kappa shape index (κ3) is 2.16. The van der Waals surface area contributed by atoms with Crippen LogP contribution >= 0.6 is 39.1 Å². The number of carbonyl (C=O) groups excluding carboxylic acids is 1. The van der Waals surface area contributed by atoms with Gasteiger partial charge in [-0.05, 0) is 28.1 Å². The summed E-state index contributed by atoms with van der Waals surface area (Å²) in [5.74, 6) is -0.354. The van der Waals surface area contributed by atoms with Crippen LogP contribution in [0.5, 0.6) is 0 Å². The van der Waals surface area contributed by atoms with Gasteiger partial charge >= 0.3 is 0 Å². The van der Waals surface area contributed by atoms with E-state index < -0.39 is 0 Å². The van der Waals surface area contributed by atoms with E-state index in [0.717, 1.165) is 0 Å². The van der Waals surface area contributed by atoms with Gasteiger partial charge in [-0.15, -0.1) is 11.6 Å². The van der Waals surface area contributed by atoms with Crippen molar-refractivity contribution in [2.75, 3.05) is 11.6 Å². The van der Waals surface area contributed by atoms with Crippen LogP contribution in [-0.4, -0.2) is 11.7 Å². The van der Waals surface area contributed by atoms with Crippen LogP contribution in [0.2, 0.25) is 5.02 Å². The Morgan fingerprint density at radius 3 is 2.69 bits per heavy atom. The van der Waals surface area contributed by atoms with Gasteiger partial charge in [0, 0.05) is 5.69 Å². The van der Waals surface area contributed by atoms with Crippen molar-refractivity contribution in [3.05, 3.63) is 27.2 Å². The summed E-state index contributed by atoms with van der Waals surface area (Å²) in [5, 5.41) is 0.353. The monoisotopic (exact) mass is 281 g/mol. The zero-order valence-corrected chi connectivity index (χ0v) is 9.58. The van der Waals surface area contributed by atoms with Crippen molar-refractivity contribution in [3.63, 3.8) is 0 Å². The standard InChI is InChI=1S/C8H6BrCl2NO/c9-8-5(12)2-1-4(11)7(8)6(13)3-10/h1-2H,3,12H2. The molecular weight excluding hydrogens is 277 g/mol. The average Bonchev–Trinajstić information content (AvgIpc) is 2.12. The molecule has 0 aliphatic heterocycles. The summed E-state index contributed by atoms with van der Waals surface area (Å²) in [5.41, 5.74) is 6.40. The number of halogens is 3. The predicted molar refractivity (Wildman–Crippen MR) is 58.6 cm³/mol. The van der Waals surface area contributed by atoms with Gasteiger partial charge in [0.15, 0.2) is 5.78 Å². The number of rotatable bonds is 2. The van der Waals surface area contributed by atoms with Crippen molar-refractivity contribution in [1.82, 2.24) is 0 Å². The number of hydrogen-bond acceptors (Lipinski definition) is 2. The van der Waals surface area contributed by atoms with Gasteiger partial charge in [-0.3, -0.25) is 4.79 Å². The first-order valence-corrected chi connectivity index (χ1v) is 5.11. The number of carbonyl (C=O) groups is 1. The lowest BCUT2D eigenvalue weighted by Gasteiger charge is -2.06. The molecule has 0 saturated heterocycles. The van der Waals surface area contributed by atoms with Crippen molar-refractivity contribution in [2.24, 2.45) is 0 Å². The van der Waals surface area contributed by atoms with Crippen molar-refractivity contribution >= 4 is 50.6 Å². The van der Waals surface area contributed by atoms with Crippen molar-refractivity contribution < 1.29 is 4.79 Å². The van der Waals surface area contributed by atoms with Gasteiger partial charge in [-0.2, -0.15) is 0 Å². The van der Waals surface area contributed by atoms with Crippen molar-refractivity contribution in [3.8, 4) is 0 Å². The van der Waals surface area contributed by atoms with Crippen LogP contribution in [0.4, 0.5) is 5.69 Å². The Balaban J connectivity index is 3.33. The minimum atomic E-state index is -0.245. The molecule has 0 unspecified atom stereocenters. The SMILES string of the molecule is Nc1ccc(Cl)c(C(=O)CCl)c1Br. The van der Waals surface area contributed by atoms with Gasteiger partial charge in [0.05, 0.1) is 20.9 Å². The van der Waals surface area contributed by atoms with Crippen LogP contribution in [0.3, 0.4) is 0 Å². The molecular formula is C8H6BrCl2NO. The van der Waals surface area contributed by atoms with Crippen LogP contribution in [0.25, 0.3) is 0 Å². The Kier molecular flexibility index (Phi) is 3.59. The van der Waals surface area contributed by atoms with Crippen molar-refractivity contribution in [2.45, 2.75) is 0 Å². The molecule has 0 aliphatic rings. The van der Waals surface area contributed by atoms with Gasteiger partial charge in [0.1, 0.15) is 0 Å². The lowest BCUT2D eigenvalue weighted by atomic mass is 10.1. The maximum absolute atomic E-state index is 11.3. The molecule has 2 nitrogen and oxygen atoms in total. The normalized spacial score (nSPS) is 10.1. The minimum absolute atomic E-state index is 0.109. The molecule has 0 atom stereocenters. The van der Waals surface area contributed by atoms with E-state index in [-0.39, 0.29) is 11.7 Å². The second kappa shape index (κ2) is 4.31. The van der Waals surface area contributed by atoms with E-state index in [1.165, 1.54) is 0 Å². The molecule has 0 saturated carbocycles. The summed E-state index contributed by atoms with van der Waals surface area (Å²) >= 11 is 14.4. The molecule has 13 heavy (non-hydrogen) atoms. The highest BCUT2D eigenvalue weighted by molar-refractivity contribution is 9.10. The summed E-state index contributed by atoms with van der Waals surface area (Å²) in [7, 11) is 0. The lowest BCUT2D eigenvalue weighted by Crippen LogP contribution is -2.04. The van der Waals surface area contributed by atoms with E-state index in [9.17, 15) is 4.79 Å². The fraction of sp³-hybridized carbons (Fsp3) is 0.125. The third-order valence-electron chi connectivity index (χ3n) is 1.52. The predicted octanol–water partition coefficient (Wildman–Crippen LogP) is 3.11. The first-order valence-electron chi connectivity index (χ1n) is 3.40. The number of hydrogen-bond donors (Lipinski definition) is 1. The van der Waals surface area contributed by atoms with Crippen LogP contribution in [0.1, 0.15) is 10.4 Å². The van der Waals surface area contributed by atoms with E-state index in [2.05, 4.69) is 15.9 Å². The van der Waals surface area contributed by atoms with Gasteiger partial charge in [-0.1, -0.05) is 11.6 Å². The van der Waals surface area contributed by atoms with E-state index in [4.69, 9.17) is 28.9 Å². The van der Waals surface area contributed by atoms with Crippen LogP contribution in [-0.2, 0) is 0 Å². The third-order valence-corrected chi connectivity index (χ3v) is 2.93. The first-order chi connectivity index (χ1) is 6.07. The molecule has 5 heteroatoms. The van der Waals surface area contributed by atoms with Crippen LogP contribution in [0.15, 0.2) is 16.6 Å². The fourth-order valence-corrected chi connectivity index (χ4v) is 1.97. The van der Waals surface area contributed by atoms with Gasteiger partial charge < -0.3 is 5.73 Å². The number of alkyl halides is 1. The highest BCUT2D eigenvalue weighted by Gasteiger charge is 2.14. The van der Waals surface area contributed by atoms with Gasteiger partial charge in [0.25, 0.3) is 0 Å². The van der Waals surface area contributed by atoms with E-state index >= 15 is 0 Å². The largest absolute Gasteiger partial charge is 0.398 e. The van der Waals surface area contributed by atoms with Gasteiger partial charge in [-0.25, -0.2) is 0 Å². The molecule has 0 amide bonds. The maximum atomic E-state index is 11.3. The smallest absolute Gasteiger partial charge is 0.180 e. The van der Waals surface area contributed by atoms with E-state index in [1.54, 1.807) is 12.1 Å². The first kappa shape index (κ1) is 10.8. The molecule has 0 fully saturated rings.